The normalized spacial score (nSPS) is 22.5. The summed E-state index contributed by atoms with van der Waals surface area (Å²) in [7, 11) is 0. The van der Waals surface area contributed by atoms with Crippen LogP contribution >= 0.6 is 11.8 Å². The van der Waals surface area contributed by atoms with Crippen LogP contribution in [-0.4, -0.2) is 29.2 Å². The van der Waals surface area contributed by atoms with Crippen LogP contribution in [0.5, 0.6) is 0 Å². The fourth-order valence-corrected chi connectivity index (χ4v) is 3.68. The van der Waals surface area contributed by atoms with Gasteiger partial charge in [0.1, 0.15) is 5.50 Å². The van der Waals surface area contributed by atoms with Crippen LogP contribution in [0.4, 0.5) is 0 Å². The van der Waals surface area contributed by atoms with Gasteiger partial charge in [0.2, 0.25) is 11.8 Å². The first-order valence-electron chi connectivity index (χ1n) is 8.42. The molecule has 2 aromatic carbocycles. The monoisotopic (exact) mass is 370 g/mol. The van der Waals surface area contributed by atoms with Crippen molar-refractivity contribution in [2.75, 3.05) is 5.75 Å². The maximum atomic E-state index is 12.4. The van der Waals surface area contributed by atoms with Crippen LogP contribution in [-0.2, 0) is 16.1 Å². The Hall–Kier alpha value is -2.35. The van der Waals surface area contributed by atoms with Gasteiger partial charge in [-0.15, -0.1) is 11.8 Å². The molecular weight excluding hydrogens is 348 g/mol. The average molecular weight is 370 g/mol. The zero-order valence-electron chi connectivity index (χ0n) is 14.2. The minimum Gasteiger partial charge on any atom is -0.351 e. The predicted octanol–water partition coefficient (Wildman–Crippen LogP) is 1.11. The summed E-state index contributed by atoms with van der Waals surface area (Å²) < 4.78 is 0. The molecule has 3 atom stereocenters. The summed E-state index contributed by atoms with van der Waals surface area (Å²) in [6.07, 6.45) is -0.504. The van der Waals surface area contributed by atoms with Gasteiger partial charge < -0.3 is 16.4 Å². The van der Waals surface area contributed by atoms with Gasteiger partial charge in [-0.3, -0.25) is 14.9 Å². The summed E-state index contributed by atoms with van der Waals surface area (Å²) in [5.74, 6) is -0.439. The van der Waals surface area contributed by atoms with Crippen LogP contribution in [0.2, 0.25) is 0 Å². The molecule has 1 saturated heterocycles. The van der Waals surface area contributed by atoms with Crippen LogP contribution < -0.4 is 21.7 Å². The number of amides is 2. The molecule has 0 saturated carbocycles. The second-order valence-electron chi connectivity index (χ2n) is 6.04. The van der Waals surface area contributed by atoms with Gasteiger partial charge in [0.25, 0.3) is 0 Å². The molecule has 1 heterocycles. The number of carbonyl (C=O) groups excluding carboxylic acids is 2. The van der Waals surface area contributed by atoms with Crippen LogP contribution in [0.3, 0.4) is 0 Å². The zero-order valence-corrected chi connectivity index (χ0v) is 15.0. The number of hydrogen-bond acceptors (Lipinski definition) is 5. The molecule has 1 fully saturated rings. The lowest BCUT2D eigenvalue weighted by Crippen LogP contribution is -2.62. The second-order valence-corrected chi connectivity index (χ2v) is 7.14. The molecule has 2 aromatic rings. The summed E-state index contributed by atoms with van der Waals surface area (Å²) in [6.45, 7) is 0.486. The van der Waals surface area contributed by atoms with E-state index in [0.717, 1.165) is 11.1 Å². The summed E-state index contributed by atoms with van der Waals surface area (Å²) in [5.41, 5.74) is 7.67. The maximum Gasteiger partial charge on any atom is 0.232 e. The van der Waals surface area contributed by atoms with Crippen LogP contribution in [0.25, 0.3) is 0 Å². The first kappa shape index (κ1) is 18.4. The van der Waals surface area contributed by atoms with Crippen molar-refractivity contribution in [3.05, 3.63) is 71.8 Å². The second kappa shape index (κ2) is 8.84. The highest BCUT2D eigenvalue weighted by Gasteiger charge is 2.35. The lowest BCUT2D eigenvalue weighted by Gasteiger charge is -2.35. The Morgan fingerprint density at radius 1 is 1.08 bits per heavy atom. The predicted molar refractivity (Wildman–Crippen MR) is 103 cm³/mol. The van der Waals surface area contributed by atoms with Gasteiger partial charge in [-0.1, -0.05) is 60.7 Å². The average Bonchev–Trinajstić information content (AvgIpc) is 2.66. The quantitative estimate of drug-likeness (QED) is 0.611. The highest BCUT2D eigenvalue weighted by Crippen LogP contribution is 2.23. The SMILES string of the molecule is NC1NC(SCC(=O)NCc2ccccc2)NC(=O)C1c1ccccc1. The van der Waals surface area contributed by atoms with E-state index in [1.165, 1.54) is 11.8 Å². The summed E-state index contributed by atoms with van der Waals surface area (Å²) in [4.78, 5) is 24.4. The summed E-state index contributed by atoms with van der Waals surface area (Å²) in [5, 5.41) is 8.89. The van der Waals surface area contributed by atoms with Gasteiger partial charge in [-0.05, 0) is 11.1 Å². The number of carbonyl (C=O) groups is 2. The fourth-order valence-electron chi connectivity index (χ4n) is 2.81. The van der Waals surface area contributed by atoms with Crippen molar-refractivity contribution in [1.82, 2.24) is 16.0 Å². The maximum absolute atomic E-state index is 12.4. The number of rotatable bonds is 6. The Kier molecular flexibility index (Phi) is 6.27. The van der Waals surface area contributed by atoms with Gasteiger partial charge in [-0.2, -0.15) is 0 Å². The van der Waals surface area contributed by atoms with Gasteiger partial charge >= 0.3 is 0 Å². The van der Waals surface area contributed by atoms with E-state index >= 15 is 0 Å². The summed E-state index contributed by atoms with van der Waals surface area (Å²) >= 11 is 1.31. The van der Waals surface area contributed by atoms with E-state index in [4.69, 9.17) is 5.73 Å². The molecule has 3 rings (SSSR count). The third-order valence-corrected chi connectivity index (χ3v) is 5.15. The van der Waals surface area contributed by atoms with Crippen LogP contribution in [0, 0.1) is 0 Å². The fraction of sp³-hybridized carbons (Fsp3) is 0.263. The van der Waals surface area contributed by atoms with Crippen LogP contribution in [0.1, 0.15) is 17.0 Å². The van der Waals surface area contributed by atoms with Crippen molar-refractivity contribution in [3.63, 3.8) is 0 Å². The molecule has 1 aliphatic heterocycles. The molecule has 0 aromatic heterocycles. The molecule has 7 heteroatoms. The largest absolute Gasteiger partial charge is 0.351 e. The lowest BCUT2D eigenvalue weighted by atomic mass is 9.94. The molecule has 0 aliphatic carbocycles. The molecule has 136 valence electrons. The summed E-state index contributed by atoms with van der Waals surface area (Å²) in [6, 6.07) is 19.1. The minimum atomic E-state index is -0.504. The lowest BCUT2D eigenvalue weighted by molar-refractivity contribution is -0.125. The van der Waals surface area contributed by atoms with Gasteiger partial charge in [0.05, 0.1) is 17.8 Å². The molecule has 0 bridgehead atoms. The van der Waals surface area contributed by atoms with Crippen molar-refractivity contribution in [3.8, 4) is 0 Å². The van der Waals surface area contributed by atoms with E-state index in [2.05, 4.69) is 16.0 Å². The van der Waals surface area contributed by atoms with Crippen molar-refractivity contribution >= 4 is 23.6 Å². The van der Waals surface area contributed by atoms with Gasteiger partial charge in [-0.25, -0.2) is 0 Å². The van der Waals surface area contributed by atoms with Crippen molar-refractivity contribution in [2.24, 2.45) is 5.73 Å². The Balaban J connectivity index is 1.46. The highest BCUT2D eigenvalue weighted by molar-refractivity contribution is 8.00. The molecule has 26 heavy (non-hydrogen) atoms. The zero-order chi connectivity index (χ0) is 18.4. The molecule has 0 spiro atoms. The smallest absolute Gasteiger partial charge is 0.232 e. The Bertz CT molecular complexity index is 742. The van der Waals surface area contributed by atoms with E-state index in [1.807, 2.05) is 60.7 Å². The van der Waals surface area contributed by atoms with Crippen molar-refractivity contribution in [2.45, 2.75) is 24.1 Å². The molecule has 6 nitrogen and oxygen atoms in total. The number of thioether (sulfide) groups is 1. The number of nitrogens with two attached hydrogens (primary N) is 1. The standard InChI is InChI=1S/C19H22N4O2S/c20-17-16(14-9-5-2-6-10-14)18(25)23-19(22-17)26-12-15(24)21-11-13-7-3-1-4-8-13/h1-10,16-17,19,22H,11-12,20H2,(H,21,24)(H,23,25). The van der Waals surface area contributed by atoms with E-state index in [1.54, 1.807) is 0 Å². The topological polar surface area (TPSA) is 96.2 Å². The van der Waals surface area contributed by atoms with Crippen molar-refractivity contribution < 1.29 is 9.59 Å². The van der Waals surface area contributed by atoms with Gasteiger partial charge in [0, 0.05) is 6.54 Å². The number of benzene rings is 2. The molecule has 0 radical (unpaired) electrons. The Morgan fingerprint density at radius 2 is 1.73 bits per heavy atom. The molecular formula is C19H22N4O2S. The third kappa shape index (κ3) is 4.85. The molecule has 3 unspecified atom stereocenters. The Morgan fingerprint density at radius 3 is 2.38 bits per heavy atom. The molecule has 1 aliphatic rings. The van der Waals surface area contributed by atoms with Crippen LogP contribution in [0.15, 0.2) is 60.7 Å². The molecule has 5 N–H and O–H groups in total. The first-order valence-corrected chi connectivity index (χ1v) is 9.47. The van der Waals surface area contributed by atoms with Crippen molar-refractivity contribution in [1.29, 1.82) is 0 Å². The Labute approximate surface area is 156 Å². The molecule has 2 amide bonds. The van der Waals surface area contributed by atoms with Gasteiger partial charge in [0.15, 0.2) is 0 Å². The van der Waals surface area contributed by atoms with E-state index in [0.29, 0.717) is 6.54 Å². The van der Waals surface area contributed by atoms with E-state index in [-0.39, 0.29) is 23.1 Å². The highest BCUT2D eigenvalue weighted by atomic mass is 32.2. The third-order valence-electron chi connectivity index (χ3n) is 4.13. The first-order chi connectivity index (χ1) is 12.6. The minimum absolute atomic E-state index is 0.0892. The van der Waals surface area contributed by atoms with E-state index in [9.17, 15) is 9.59 Å². The number of hydrogen-bond donors (Lipinski definition) is 4. The number of nitrogens with one attached hydrogen (secondary N) is 3. The van der Waals surface area contributed by atoms with E-state index < -0.39 is 12.1 Å².